The molecule has 2 aromatic rings. The number of para-hydroxylation sites is 1. The Kier molecular flexibility index (Phi) is 11.1. The second-order valence-corrected chi connectivity index (χ2v) is 10.4. The number of hydrogen-bond donors (Lipinski definition) is 3. The van der Waals surface area contributed by atoms with Crippen LogP contribution in [0.2, 0.25) is 0 Å². The number of unbranched alkanes of at least 4 members (excludes halogenated alkanes) is 5. The Bertz CT molecular complexity index is 923. The number of anilines is 1. The Morgan fingerprint density at radius 3 is 2.36 bits per heavy atom. The van der Waals surface area contributed by atoms with Crippen molar-refractivity contribution in [2.75, 3.05) is 38.6 Å². The predicted octanol–water partition coefficient (Wildman–Crippen LogP) is 5.89. The Morgan fingerprint density at radius 1 is 1.00 bits per heavy atom. The van der Waals surface area contributed by atoms with Crippen LogP contribution in [0.5, 0.6) is 5.75 Å². The van der Waals surface area contributed by atoms with Crippen molar-refractivity contribution in [3.05, 3.63) is 59.7 Å². The zero-order valence-electron chi connectivity index (χ0n) is 22.5. The number of nitrogens with one attached hydrogen (secondary N) is 2. The van der Waals surface area contributed by atoms with Gasteiger partial charge in [-0.1, -0.05) is 57.2 Å². The highest BCUT2D eigenvalue weighted by Gasteiger charge is 2.29. The van der Waals surface area contributed by atoms with E-state index in [9.17, 15) is 9.90 Å². The van der Waals surface area contributed by atoms with E-state index in [0.717, 1.165) is 49.1 Å². The zero-order chi connectivity index (χ0) is 25.8. The molecule has 2 aromatic carbocycles. The third-order valence-corrected chi connectivity index (χ3v) is 7.55. The van der Waals surface area contributed by atoms with Crippen LogP contribution < -0.4 is 15.4 Å². The second-order valence-electron chi connectivity index (χ2n) is 10.4. The molecule has 1 aliphatic heterocycles. The summed E-state index contributed by atoms with van der Waals surface area (Å²) in [4.78, 5) is 12.7. The smallest absolute Gasteiger partial charge is 0.251 e. The minimum Gasteiger partial charge on any atom is -0.493 e. The van der Waals surface area contributed by atoms with Crippen LogP contribution in [0.4, 0.5) is 5.69 Å². The number of hydrogen-bond acceptors (Lipinski definition) is 4. The maximum Gasteiger partial charge on any atom is 0.251 e. The lowest BCUT2D eigenvalue weighted by molar-refractivity contribution is -0.912. The molecular weight excluding hydrogens is 450 g/mol. The number of aliphatic hydroxyl groups is 1. The zero-order valence-corrected chi connectivity index (χ0v) is 22.5. The first-order valence-electron chi connectivity index (χ1n) is 13.8. The summed E-state index contributed by atoms with van der Waals surface area (Å²) in [5.74, 6) is 0.667. The molecule has 0 radical (unpaired) electrons. The molecule has 36 heavy (non-hydrogen) atoms. The van der Waals surface area contributed by atoms with E-state index in [-0.39, 0.29) is 11.9 Å². The van der Waals surface area contributed by atoms with Crippen molar-refractivity contribution in [2.24, 2.45) is 0 Å². The van der Waals surface area contributed by atoms with E-state index < -0.39 is 6.23 Å². The number of carbonyl (C=O) groups is 1. The largest absolute Gasteiger partial charge is 0.493 e. The van der Waals surface area contributed by atoms with Gasteiger partial charge in [-0.3, -0.25) is 4.79 Å². The standard InChI is InChI=1S/C30H45N3O3/c1-4-6-7-8-9-12-23-36-28-14-11-10-13-27(28)30(35)32-25-17-15-24(16-18-25)29(34)31-26-19-21-33(3,5-2)22-20-26/h10-11,13-18,26,30,35H,4-9,12,19-23H2,1-3H3,(H-,31,32,34)/p+1. The minimum absolute atomic E-state index is 0.0341. The van der Waals surface area contributed by atoms with Gasteiger partial charge in [0, 0.05) is 35.7 Å². The quantitative estimate of drug-likeness (QED) is 0.173. The molecule has 0 saturated carbocycles. The topological polar surface area (TPSA) is 70.6 Å². The third kappa shape index (κ3) is 8.52. The van der Waals surface area contributed by atoms with Crippen molar-refractivity contribution in [2.45, 2.75) is 77.5 Å². The summed E-state index contributed by atoms with van der Waals surface area (Å²) in [6, 6.07) is 15.1. The fourth-order valence-electron chi connectivity index (χ4n) is 4.78. The maximum atomic E-state index is 12.7. The lowest BCUT2D eigenvalue weighted by Gasteiger charge is -2.40. The van der Waals surface area contributed by atoms with Gasteiger partial charge < -0.3 is 25.0 Å². The number of ether oxygens (including phenoxy) is 1. The van der Waals surface area contributed by atoms with Crippen LogP contribution in [0.1, 0.15) is 87.4 Å². The number of amides is 1. The summed E-state index contributed by atoms with van der Waals surface area (Å²) in [6.45, 7) is 8.45. The van der Waals surface area contributed by atoms with Crippen LogP contribution >= 0.6 is 0 Å². The van der Waals surface area contributed by atoms with Gasteiger partial charge in [-0.05, 0) is 43.7 Å². The summed E-state index contributed by atoms with van der Waals surface area (Å²) in [5.41, 5.74) is 2.09. The number of rotatable bonds is 14. The van der Waals surface area contributed by atoms with E-state index in [0.29, 0.717) is 23.5 Å². The van der Waals surface area contributed by atoms with Gasteiger partial charge >= 0.3 is 0 Å². The van der Waals surface area contributed by atoms with Crippen LogP contribution in [0.3, 0.4) is 0 Å². The average molecular weight is 497 g/mol. The Morgan fingerprint density at radius 2 is 1.67 bits per heavy atom. The maximum absolute atomic E-state index is 12.7. The predicted molar refractivity (Wildman–Crippen MR) is 147 cm³/mol. The number of benzene rings is 2. The van der Waals surface area contributed by atoms with E-state index >= 15 is 0 Å². The third-order valence-electron chi connectivity index (χ3n) is 7.55. The highest BCUT2D eigenvalue weighted by molar-refractivity contribution is 5.94. The Balaban J connectivity index is 1.48. The van der Waals surface area contributed by atoms with Crippen molar-refractivity contribution in [3.8, 4) is 5.75 Å². The van der Waals surface area contributed by atoms with Crippen LogP contribution in [-0.4, -0.2) is 54.8 Å². The fourth-order valence-corrected chi connectivity index (χ4v) is 4.78. The van der Waals surface area contributed by atoms with E-state index in [1.807, 2.05) is 36.4 Å². The summed E-state index contributed by atoms with van der Waals surface area (Å²) in [7, 11) is 2.29. The molecule has 3 rings (SSSR count). The molecule has 1 unspecified atom stereocenters. The summed E-state index contributed by atoms with van der Waals surface area (Å²) >= 11 is 0. The lowest BCUT2D eigenvalue weighted by atomic mass is 10.0. The van der Waals surface area contributed by atoms with Crippen molar-refractivity contribution in [3.63, 3.8) is 0 Å². The SMILES string of the molecule is CCCCCCCCOc1ccccc1C(O)Nc1ccc(C(=O)NC2CC[N+](C)(CC)CC2)cc1. The van der Waals surface area contributed by atoms with Gasteiger partial charge in [0.2, 0.25) is 0 Å². The van der Waals surface area contributed by atoms with Crippen LogP contribution in [0.15, 0.2) is 48.5 Å². The van der Waals surface area contributed by atoms with Crippen molar-refractivity contribution < 1.29 is 19.1 Å². The number of quaternary nitrogens is 1. The van der Waals surface area contributed by atoms with Crippen molar-refractivity contribution in [1.29, 1.82) is 0 Å². The first-order valence-corrected chi connectivity index (χ1v) is 13.8. The Hall–Kier alpha value is -2.57. The fraction of sp³-hybridized carbons (Fsp3) is 0.567. The minimum atomic E-state index is -0.904. The number of carbonyl (C=O) groups excluding carboxylic acids is 1. The molecule has 1 amide bonds. The monoisotopic (exact) mass is 496 g/mol. The molecule has 1 saturated heterocycles. The molecule has 1 atom stereocenters. The van der Waals surface area contributed by atoms with Gasteiger partial charge in [-0.15, -0.1) is 0 Å². The van der Waals surface area contributed by atoms with Gasteiger partial charge in [-0.25, -0.2) is 0 Å². The second kappa shape index (κ2) is 14.2. The molecule has 1 aliphatic rings. The molecule has 0 spiro atoms. The van der Waals surface area contributed by atoms with Gasteiger partial charge in [0.1, 0.15) is 5.75 Å². The molecule has 3 N–H and O–H groups in total. The molecule has 0 aromatic heterocycles. The normalized spacial score (nSPS) is 20.5. The average Bonchev–Trinajstić information content (AvgIpc) is 2.90. The van der Waals surface area contributed by atoms with Crippen molar-refractivity contribution >= 4 is 11.6 Å². The highest BCUT2D eigenvalue weighted by atomic mass is 16.5. The van der Waals surface area contributed by atoms with E-state index in [1.165, 1.54) is 32.1 Å². The van der Waals surface area contributed by atoms with Gasteiger partial charge in [0.05, 0.1) is 33.3 Å². The van der Waals surface area contributed by atoms with Crippen LogP contribution in [-0.2, 0) is 0 Å². The van der Waals surface area contributed by atoms with Gasteiger partial charge in [0.25, 0.3) is 5.91 Å². The van der Waals surface area contributed by atoms with E-state index in [2.05, 4.69) is 31.5 Å². The molecule has 1 fully saturated rings. The summed E-state index contributed by atoms with van der Waals surface area (Å²) < 4.78 is 7.08. The van der Waals surface area contributed by atoms with E-state index in [4.69, 9.17) is 4.74 Å². The molecule has 198 valence electrons. The first kappa shape index (κ1) is 28.0. The molecule has 6 nitrogen and oxygen atoms in total. The molecule has 0 aliphatic carbocycles. The van der Waals surface area contributed by atoms with Crippen LogP contribution in [0.25, 0.3) is 0 Å². The van der Waals surface area contributed by atoms with Crippen LogP contribution in [0, 0.1) is 0 Å². The summed E-state index contributed by atoms with van der Waals surface area (Å²) in [5, 5.41) is 17.2. The Labute approximate surface area is 217 Å². The van der Waals surface area contributed by atoms with E-state index in [1.54, 1.807) is 12.1 Å². The highest BCUT2D eigenvalue weighted by Crippen LogP contribution is 2.27. The molecule has 6 heteroatoms. The lowest BCUT2D eigenvalue weighted by Crippen LogP contribution is -2.54. The molecule has 0 bridgehead atoms. The molecule has 1 heterocycles. The number of aliphatic hydroxyl groups excluding tert-OH is 1. The number of piperidine rings is 1. The van der Waals surface area contributed by atoms with Gasteiger partial charge in [0.15, 0.2) is 6.23 Å². The van der Waals surface area contributed by atoms with Gasteiger partial charge in [-0.2, -0.15) is 0 Å². The van der Waals surface area contributed by atoms with Crippen molar-refractivity contribution in [1.82, 2.24) is 5.32 Å². The molecular formula is C30H46N3O3+. The number of likely N-dealkylation sites (tertiary alicyclic amines) is 1. The number of nitrogens with zero attached hydrogens (tertiary/aromatic N) is 1. The summed E-state index contributed by atoms with van der Waals surface area (Å²) in [6.07, 6.45) is 8.40. The first-order chi connectivity index (χ1) is 17.4.